The van der Waals surface area contributed by atoms with Crippen LogP contribution in [0.2, 0.25) is 0 Å². The van der Waals surface area contributed by atoms with Crippen molar-refractivity contribution in [1.82, 2.24) is 4.90 Å². The van der Waals surface area contributed by atoms with Gasteiger partial charge < -0.3 is 0 Å². The van der Waals surface area contributed by atoms with Gasteiger partial charge in [0.05, 0.1) is 30.0 Å². The van der Waals surface area contributed by atoms with Crippen LogP contribution in [0.25, 0.3) is 0 Å². The Labute approximate surface area is 118 Å². The molecule has 4 heteroatoms. The summed E-state index contributed by atoms with van der Waals surface area (Å²) in [5.74, 6) is 0.0686. The number of hydrogen-bond acceptors (Lipinski definition) is 3. The molecule has 3 rings (SSSR count). The zero-order chi connectivity index (χ0) is 14.3. The number of nitrogens with zero attached hydrogens (tertiary/aromatic N) is 2. The summed E-state index contributed by atoms with van der Waals surface area (Å²) >= 11 is 0. The topological polar surface area (TPSA) is 61.2 Å². The van der Waals surface area contributed by atoms with E-state index in [4.69, 9.17) is 5.26 Å². The maximum absolute atomic E-state index is 12.4. The summed E-state index contributed by atoms with van der Waals surface area (Å²) in [4.78, 5) is 26.1. The van der Waals surface area contributed by atoms with Crippen LogP contribution in [-0.4, -0.2) is 16.7 Å². The Morgan fingerprint density at radius 3 is 2.40 bits per heavy atom. The van der Waals surface area contributed by atoms with Crippen LogP contribution in [0.3, 0.4) is 0 Å². The van der Waals surface area contributed by atoms with Crippen LogP contribution < -0.4 is 0 Å². The fourth-order valence-corrected chi connectivity index (χ4v) is 3.44. The number of amides is 2. The first-order valence-electron chi connectivity index (χ1n) is 6.95. The molecule has 2 fully saturated rings. The van der Waals surface area contributed by atoms with E-state index in [1.165, 1.54) is 4.90 Å². The Morgan fingerprint density at radius 2 is 1.80 bits per heavy atom. The van der Waals surface area contributed by atoms with Gasteiger partial charge >= 0.3 is 0 Å². The minimum atomic E-state index is -0.133. The average Bonchev–Trinajstić information content (AvgIpc) is 2.93. The lowest BCUT2D eigenvalue weighted by Crippen LogP contribution is -2.31. The third kappa shape index (κ3) is 1.90. The third-order valence-electron chi connectivity index (χ3n) is 4.43. The number of fused-ring (bicyclic) bond motifs is 1. The molecule has 2 amide bonds. The van der Waals surface area contributed by atoms with Crippen LogP contribution >= 0.6 is 0 Å². The fraction of sp³-hybridized carbons (Fsp3) is 0.438. The lowest BCUT2D eigenvalue weighted by molar-refractivity contribution is -0.141. The molecule has 2 atom stereocenters. The Balaban J connectivity index is 1.84. The summed E-state index contributed by atoms with van der Waals surface area (Å²) in [6.45, 7) is 2.32. The van der Waals surface area contributed by atoms with E-state index >= 15 is 0 Å². The molecule has 1 saturated heterocycles. The quantitative estimate of drug-likeness (QED) is 0.772. The van der Waals surface area contributed by atoms with Crippen LogP contribution in [0.4, 0.5) is 0 Å². The minimum absolute atomic E-state index is 0.0582. The van der Waals surface area contributed by atoms with Gasteiger partial charge in [-0.1, -0.05) is 25.1 Å². The number of benzene rings is 1. The van der Waals surface area contributed by atoms with Crippen molar-refractivity contribution in [3.8, 4) is 6.07 Å². The first-order valence-corrected chi connectivity index (χ1v) is 6.95. The van der Waals surface area contributed by atoms with E-state index in [1.807, 2.05) is 6.07 Å². The van der Waals surface area contributed by atoms with Crippen molar-refractivity contribution in [2.45, 2.75) is 26.3 Å². The summed E-state index contributed by atoms with van der Waals surface area (Å²) in [5.41, 5.74) is 1.27. The Bertz CT molecular complexity index is 593. The maximum atomic E-state index is 12.4. The second-order valence-electron chi connectivity index (χ2n) is 5.82. The predicted molar refractivity (Wildman–Crippen MR) is 72.1 cm³/mol. The highest BCUT2D eigenvalue weighted by atomic mass is 16.2. The molecule has 1 aliphatic carbocycles. The van der Waals surface area contributed by atoms with E-state index in [9.17, 15) is 9.59 Å². The highest BCUT2D eigenvalue weighted by Gasteiger charge is 2.51. The largest absolute Gasteiger partial charge is 0.278 e. The number of carbonyl (C=O) groups excluding carboxylic acids is 2. The van der Waals surface area contributed by atoms with Gasteiger partial charge in [0.25, 0.3) is 0 Å². The molecule has 1 aliphatic heterocycles. The fourth-order valence-electron chi connectivity index (χ4n) is 3.44. The van der Waals surface area contributed by atoms with Crippen LogP contribution in [0, 0.1) is 29.1 Å². The zero-order valence-corrected chi connectivity index (χ0v) is 11.4. The van der Waals surface area contributed by atoms with E-state index in [2.05, 4.69) is 13.0 Å². The SMILES string of the molecule is CC1CC2C(=O)N(Cc3ccccc3C#N)C(=O)C2C1. The monoisotopic (exact) mass is 268 g/mol. The minimum Gasteiger partial charge on any atom is -0.278 e. The van der Waals surface area contributed by atoms with Gasteiger partial charge in [-0.25, -0.2) is 0 Å². The smallest absolute Gasteiger partial charge is 0.233 e. The van der Waals surface area contributed by atoms with Crippen LogP contribution in [0.1, 0.15) is 30.9 Å². The second-order valence-corrected chi connectivity index (χ2v) is 5.82. The lowest BCUT2D eigenvalue weighted by atomic mass is 10.00. The molecule has 2 unspecified atom stereocenters. The van der Waals surface area contributed by atoms with E-state index < -0.39 is 0 Å². The van der Waals surface area contributed by atoms with Crippen LogP contribution in [-0.2, 0) is 16.1 Å². The first kappa shape index (κ1) is 12.9. The van der Waals surface area contributed by atoms with Gasteiger partial charge in [0.15, 0.2) is 0 Å². The Hall–Kier alpha value is -2.15. The maximum Gasteiger partial charge on any atom is 0.233 e. The molecule has 0 aromatic heterocycles. The summed E-state index contributed by atoms with van der Waals surface area (Å²) < 4.78 is 0. The van der Waals surface area contributed by atoms with Crippen molar-refractivity contribution in [2.75, 3.05) is 0 Å². The zero-order valence-electron chi connectivity index (χ0n) is 11.4. The third-order valence-corrected chi connectivity index (χ3v) is 4.43. The van der Waals surface area contributed by atoms with E-state index in [0.717, 1.165) is 18.4 Å². The predicted octanol–water partition coefficient (Wildman–Crippen LogP) is 2.09. The lowest BCUT2D eigenvalue weighted by Gasteiger charge is -2.17. The average molecular weight is 268 g/mol. The highest BCUT2D eigenvalue weighted by molar-refractivity contribution is 6.05. The highest BCUT2D eigenvalue weighted by Crippen LogP contribution is 2.43. The van der Waals surface area contributed by atoms with Gasteiger partial charge in [-0.15, -0.1) is 0 Å². The van der Waals surface area contributed by atoms with Crippen molar-refractivity contribution < 1.29 is 9.59 Å². The molecular formula is C16H16N2O2. The number of likely N-dealkylation sites (tertiary alicyclic amines) is 1. The molecule has 1 aromatic carbocycles. The molecule has 0 bridgehead atoms. The molecule has 1 saturated carbocycles. The molecule has 0 spiro atoms. The molecule has 20 heavy (non-hydrogen) atoms. The summed E-state index contributed by atoms with van der Waals surface area (Å²) in [7, 11) is 0. The molecule has 102 valence electrons. The molecule has 4 nitrogen and oxygen atoms in total. The first-order chi connectivity index (χ1) is 9.61. The summed E-state index contributed by atoms with van der Waals surface area (Å²) in [6.07, 6.45) is 1.62. The molecule has 0 radical (unpaired) electrons. The Morgan fingerprint density at radius 1 is 1.20 bits per heavy atom. The van der Waals surface area contributed by atoms with E-state index in [0.29, 0.717) is 11.5 Å². The van der Waals surface area contributed by atoms with Crippen molar-refractivity contribution in [2.24, 2.45) is 17.8 Å². The van der Waals surface area contributed by atoms with Crippen LogP contribution in [0.5, 0.6) is 0 Å². The molecular weight excluding hydrogens is 252 g/mol. The molecule has 1 heterocycles. The van der Waals surface area contributed by atoms with E-state index in [1.54, 1.807) is 18.2 Å². The number of carbonyl (C=O) groups is 2. The summed E-state index contributed by atoms with van der Waals surface area (Å²) in [5, 5.41) is 9.08. The Kier molecular flexibility index (Phi) is 3.06. The van der Waals surface area contributed by atoms with Crippen molar-refractivity contribution in [1.29, 1.82) is 5.26 Å². The number of nitriles is 1. The van der Waals surface area contributed by atoms with E-state index in [-0.39, 0.29) is 30.2 Å². The second kappa shape index (κ2) is 4.75. The van der Waals surface area contributed by atoms with Gasteiger partial charge in [-0.05, 0) is 30.4 Å². The number of imide groups is 1. The molecule has 1 aromatic rings. The standard InChI is InChI=1S/C16H16N2O2/c1-10-6-13-14(7-10)16(20)18(15(13)19)9-12-5-3-2-4-11(12)8-17/h2-5,10,13-14H,6-7,9H2,1H3. The van der Waals surface area contributed by atoms with Crippen LogP contribution in [0.15, 0.2) is 24.3 Å². The van der Waals surface area contributed by atoms with Gasteiger partial charge in [0.2, 0.25) is 11.8 Å². The normalized spacial score (nSPS) is 28.6. The van der Waals surface area contributed by atoms with Gasteiger partial charge in [-0.2, -0.15) is 5.26 Å². The van der Waals surface area contributed by atoms with Gasteiger partial charge in [0, 0.05) is 0 Å². The van der Waals surface area contributed by atoms with Crippen molar-refractivity contribution >= 4 is 11.8 Å². The number of hydrogen-bond donors (Lipinski definition) is 0. The van der Waals surface area contributed by atoms with Crippen molar-refractivity contribution in [3.05, 3.63) is 35.4 Å². The van der Waals surface area contributed by atoms with Gasteiger partial charge in [-0.3, -0.25) is 14.5 Å². The number of rotatable bonds is 2. The summed E-state index contributed by atoms with van der Waals surface area (Å²) in [6, 6.07) is 9.23. The van der Waals surface area contributed by atoms with Gasteiger partial charge in [0.1, 0.15) is 0 Å². The molecule has 0 N–H and O–H groups in total. The van der Waals surface area contributed by atoms with Crippen molar-refractivity contribution in [3.63, 3.8) is 0 Å². The molecule has 2 aliphatic rings.